The first-order valence-corrected chi connectivity index (χ1v) is 18.8. The number of anilines is 1. The third-order valence-corrected chi connectivity index (χ3v) is 10.4. The van der Waals surface area contributed by atoms with Gasteiger partial charge in [0.1, 0.15) is 11.6 Å². The first-order valence-electron chi connectivity index (χ1n) is 17.0. The van der Waals surface area contributed by atoms with Crippen LogP contribution in [0.5, 0.6) is 0 Å². The molecule has 2 aliphatic heterocycles. The number of carbonyl (C=O) groups excluding carboxylic acids is 1. The summed E-state index contributed by atoms with van der Waals surface area (Å²) in [5.74, 6) is 0.731. The highest BCUT2D eigenvalue weighted by Gasteiger charge is 2.41. The van der Waals surface area contributed by atoms with Crippen molar-refractivity contribution in [2.75, 3.05) is 30.6 Å². The van der Waals surface area contributed by atoms with Gasteiger partial charge in [-0.25, -0.2) is 17.8 Å². The molecule has 47 heavy (non-hydrogen) atoms. The van der Waals surface area contributed by atoms with E-state index in [2.05, 4.69) is 45.4 Å². The van der Waals surface area contributed by atoms with Gasteiger partial charge in [0.15, 0.2) is 0 Å². The number of unbranched alkanes of at least 4 members (excludes halogenated alkanes) is 2. The van der Waals surface area contributed by atoms with Crippen LogP contribution in [0.25, 0.3) is 11.0 Å². The molecule has 6 rings (SSSR count). The van der Waals surface area contributed by atoms with Crippen molar-refractivity contribution in [2.45, 2.75) is 82.8 Å². The zero-order valence-electron chi connectivity index (χ0n) is 27.4. The number of nitrogens with zero attached hydrogens (tertiary/aromatic N) is 4. The first-order chi connectivity index (χ1) is 22.6. The number of aromatic nitrogens is 2. The number of hydrogen-bond donors (Lipinski definition) is 1. The molecule has 3 heterocycles. The Balaban J connectivity index is 1.03. The zero-order valence-corrected chi connectivity index (χ0v) is 28.3. The maximum atomic E-state index is 13.7. The van der Waals surface area contributed by atoms with Gasteiger partial charge in [-0.05, 0) is 113 Å². The maximum absolute atomic E-state index is 13.7. The largest absolute Gasteiger partial charge is 0.339 e. The van der Waals surface area contributed by atoms with Crippen LogP contribution in [0.15, 0.2) is 72.8 Å². The summed E-state index contributed by atoms with van der Waals surface area (Å²) in [6, 6.07) is 23.4. The monoisotopic (exact) mass is 659 g/mol. The molecule has 1 N–H and O–H groups in total. The van der Waals surface area contributed by atoms with Crippen molar-refractivity contribution in [3.05, 3.63) is 95.6 Å². The number of piperidine rings is 1. The van der Waals surface area contributed by atoms with Crippen molar-refractivity contribution < 1.29 is 17.6 Å². The van der Waals surface area contributed by atoms with Crippen LogP contribution in [0.1, 0.15) is 79.2 Å². The van der Waals surface area contributed by atoms with Gasteiger partial charge < -0.3 is 9.47 Å². The van der Waals surface area contributed by atoms with E-state index in [1.165, 1.54) is 37.3 Å². The normalized spacial score (nSPS) is 19.7. The standard InChI is InChI=1S/C37H46FN5O3S/c1-27-39-35-16-4-5-17-36(35)43(27)34-25-32-18-19-33(26-34)42(32)22-7-3-6-20-41(21-10-12-28-11-8-14-30(38)23-28)37(44)29-13-9-15-31(24-29)40-47(2,45)46/h4-5,8-9,11,13-17,23-24,32-34,40H,3,6-7,10,12,18-22,25-26H2,1-2H3. The Bertz CT molecular complexity index is 1790. The molecule has 2 aliphatic rings. The molecule has 3 aromatic carbocycles. The summed E-state index contributed by atoms with van der Waals surface area (Å²) in [5.41, 5.74) is 4.06. The van der Waals surface area contributed by atoms with Gasteiger partial charge in [-0.2, -0.15) is 0 Å². The SMILES string of the molecule is Cc1nc2ccccc2n1C1CC2CCC(C1)N2CCCCCN(CCCc1cccc(F)c1)C(=O)c1cccc(NS(C)(=O)=O)c1. The van der Waals surface area contributed by atoms with Crippen LogP contribution < -0.4 is 4.72 Å². The van der Waals surface area contributed by atoms with Crippen LogP contribution in [0, 0.1) is 12.7 Å². The van der Waals surface area contributed by atoms with Crippen LogP contribution in [0.4, 0.5) is 10.1 Å². The van der Waals surface area contributed by atoms with E-state index in [1.54, 1.807) is 36.4 Å². The van der Waals surface area contributed by atoms with E-state index in [0.717, 1.165) is 49.0 Å². The molecule has 2 atom stereocenters. The number of hydrogen-bond acceptors (Lipinski definition) is 5. The second kappa shape index (κ2) is 14.6. The number of imidazole rings is 1. The summed E-state index contributed by atoms with van der Waals surface area (Å²) in [6.07, 6.45) is 10.3. The summed E-state index contributed by atoms with van der Waals surface area (Å²) in [6.45, 7) is 4.37. The van der Waals surface area contributed by atoms with E-state index in [0.29, 0.717) is 55.3 Å². The van der Waals surface area contributed by atoms with Gasteiger partial charge in [-0.3, -0.25) is 14.4 Å². The lowest BCUT2D eigenvalue weighted by Crippen LogP contribution is -2.44. The Hall–Kier alpha value is -3.76. The predicted molar refractivity (Wildman–Crippen MR) is 186 cm³/mol. The summed E-state index contributed by atoms with van der Waals surface area (Å²) in [4.78, 5) is 23.1. The van der Waals surface area contributed by atoms with Gasteiger partial charge in [-0.15, -0.1) is 0 Å². The maximum Gasteiger partial charge on any atom is 0.253 e. The molecular formula is C37H46FN5O3S. The minimum atomic E-state index is -3.46. The number of fused-ring (bicyclic) bond motifs is 3. The molecular weight excluding hydrogens is 614 g/mol. The molecule has 10 heteroatoms. The number of aryl methyl sites for hydroxylation is 2. The smallest absolute Gasteiger partial charge is 0.253 e. The Morgan fingerprint density at radius 1 is 0.915 bits per heavy atom. The Labute approximate surface area is 278 Å². The first kappa shape index (κ1) is 33.2. The quantitative estimate of drug-likeness (QED) is 0.148. The lowest BCUT2D eigenvalue weighted by Gasteiger charge is -2.40. The van der Waals surface area contributed by atoms with Crippen molar-refractivity contribution in [3.63, 3.8) is 0 Å². The van der Waals surface area contributed by atoms with Crippen LogP contribution in [0.2, 0.25) is 0 Å². The van der Waals surface area contributed by atoms with Gasteiger partial charge in [0.25, 0.3) is 5.91 Å². The van der Waals surface area contributed by atoms with E-state index >= 15 is 0 Å². The van der Waals surface area contributed by atoms with E-state index < -0.39 is 10.0 Å². The third kappa shape index (κ3) is 8.22. The molecule has 4 aromatic rings. The molecule has 2 fully saturated rings. The molecule has 2 unspecified atom stereocenters. The van der Waals surface area contributed by atoms with E-state index in [4.69, 9.17) is 4.98 Å². The number of amides is 1. The average molecular weight is 660 g/mol. The second-order valence-corrected chi connectivity index (χ2v) is 15.1. The fourth-order valence-electron chi connectivity index (χ4n) is 7.81. The fourth-order valence-corrected chi connectivity index (χ4v) is 8.37. The van der Waals surface area contributed by atoms with Crippen LogP contribution in [0.3, 0.4) is 0 Å². The predicted octanol–water partition coefficient (Wildman–Crippen LogP) is 6.97. The summed E-state index contributed by atoms with van der Waals surface area (Å²) in [5, 5.41) is 0. The number of para-hydroxylation sites is 2. The Kier molecular flexibility index (Phi) is 10.3. The number of halogens is 1. The number of sulfonamides is 1. The number of nitrogens with one attached hydrogen (secondary N) is 1. The molecule has 1 amide bonds. The number of carbonyl (C=O) groups is 1. The topological polar surface area (TPSA) is 87.5 Å². The average Bonchev–Trinajstić information content (AvgIpc) is 3.49. The van der Waals surface area contributed by atoms with Crippen molar-refractivity contribution in [2.24, 2.45) is 0 Å². The van der Waals surface area contributed by atoms with Crippen molar-refractivity contribution in [3.8, 4) is 0 Å². The van der Waals surface area contributed by atoms with Crippen LogP contribution in [-0.2, 0) is 16.4 Å². The van der Waals surface area contributed by atoms with E-state index in [9.17, 15) is 17.6 Å². The molecule has 0 radical (unpaired) electrons. The molecule has 0 aliphatic carbocycles. The second-order valence-electron chi connectivity index (χ2n) is 13.3. The minimum Gasteiger partial charge on any atom is -0.339 e. The molecule has 1 aromatic heterocycles. The lowest BCUT2D eigenvalue weighted by molar-refractivity contribution is 0.0748. The van der Waals surface area contributed by atoms with E-state index in [-0.39, 0.29) is 11.7 Å². The fraction of sp³-hybridized carbons (Fsp3) is 0.459. The van der Waals surface area contributed by atoms with Gasteiger partial charge >= 0.3 is 0 Å². The van der Waals surface area contributed by atoms with Crippen molar-refractivity contribution in [1.29, 1.82) is 0 Å². The zero-order chi connectivity index (χ0) is 33.0. The van der Waals surface area contributed by atoms with Crippen LogP contribution in [-0.4, -0.2) is 71.6 Å². The minimum absolute atomic E-state index is 0.121. The third-order valence-electron chi connectivity index (χ3n) is 9.82. The Morgan fingerprint density at radius 2 is 1.66 bits per heavy atom. The van der Waals surface area contributed by atoms with Gasteiger partial charge in [-0.1, -0.05) is 36.8 Å². The van der Waals surface area contributed by atoms with Crippen LogP contribution >= 0.6 is 0 Å². The molecule has 8 nitrogen and oxygen atoms in total. The summed E-state index contributed by atoms with van der Waals surface area (Å²) < 4.78 is 42.2. The molecule has 2 bridgehead atoms. The highest BCUT2D eigenvalue weighted by molar-refractivity contribution is 7.92. The molecule has 0 spiro atoms. The molecule has 2 saturated heterocycles. The van der Waals surface area contributed by atoms with Crippen molar-refractivity contribution >= 4 is 32.7 Å². The molecule has 250 valence electrons. The van der Waals surface area contributed by atoms with Gasteiger partial charge in [0, 0.05) is 42.5 Å². The van der Waals surface area contributed by atoms with Gasteiger partial charge in [0.2, 0.25) is 10.0 Å². The molecule has 0 saturated carbocycles. The van der Waals surface area contributed by atoms with Gasteiger partial charge in [0.05, 0.1) is 17.3 Å². The number of benzene rings is 3. The summed E-state index contributed by atoms with van der Waals surface area (Å²) in [7, 11) is -3.46. The van der Waals surface area contributed by atoms with E-state index in [1.807, 2.05) is 11.0 Å². The number of rotatable bonds is 14. The lowest BCUT2D eigenvalue weighted by atomic mass is 9.96. The Morgan fingerprint density at radius 3 is 2.43 bits per heavy atom. The highest BCUT2D eigenvalue weighted by atomic mass is 32.2. The summed E-state index contributed by atoms with van der Waals surface area (Å²) >= 11 is 0. The highest BCUT2D eigenvalue weighted by Crippen LogP contribution is 2.42. The van der Waals surface area contributed by atoms with Crippen molar-refractivity contribution in [1.82, 2.24) is 19.4 Å².